The van der Waals surface area contributed by atoms with Crippen molar-refractivity contribution in [3.8, 4) is 0 Å². The number of carboxylic acids is 1. The topological polar surface area (TPSA) is 91.7 Å². The van der Waals surface area contributed by atoms with Crippen LogP contribution < -0.4 is 0 Å². The van der Waals surface area contributed by atoms with Crippen LogP contribution >= 0.6 is 0 Å². The van der Waals surface area contributed by atoms with Gasteiger partial charge in [0.15, 0.2) is 5.78 Å². The smallest absolute Gasteiger partial charge is 0.335 e. The second-order valence-electron chi connectivity index (χ2n) is 4.53. The lowest BCUT2D eigenvalue weighted by molar-refractivity contribution is -0.122. The molecule has 0 amide bonds. The van der Waals surface area contributed by atoms with Gasteiger partial charge in [0.2, 0.25) is 0 Å². The number of aromatic carboxylic acids is 1. The first-order valence-corrected chi connectivity index (χ1v) is 7.48. The van der Waals surface area contributed by atoms with Gasteiger partial charge in [0.05, 0.1) is 5.56 Å². The summed E-state index contributed by atoms with van der Waals surface area (Å²) in [4.78, 5) is 31.4. The van der Waals surface area contributed by atoms with Gasteiger partial charge in [-0.25, -0.2) is 4.79 Å². The molecule has 0 bridgehead atoms. The minimum absolute atomic E-state index is 0.000591. The van der Waals surface area contributed by atoms with E-state index in [4.69, 9.17) is 15.0 Å². The Morgan fingerprint density at radius 3 is 2.17 bits per heavy atom. The Hall–Kier alpha value is -2.95. The molecule has 0 heterocycles. The fourth-order valence-electron chi connectivity index (χ4n) is 1.98. The van der Waals surface area contributed by atoms with Crippen LogP contribution in [0, 0.1) is 6.92 Å². The highest BCUT2D eigenvalue weighted by Gasteiger charge is 2.10. The van der Waals surface area contributed by atoms with Crippen LogP contribution in [-0.4, -0.2) is 28.4 Å². The van der Waals surface area contributed by atoms with Gasteiger partial charge >= 0.3 is 5.97 Å². The van der Waals surface area contributed by atoms with Gasteiger partial charge < -0.3 is 10.2 Å². The van der Waals surface area contributed by atoms with Crippen LogP contribution in [0.5, 0.6) is 0 Å². The van der Waals surface area contributed by atoms with Gasteiger partial charge in [-0.2, -0.15) is 0 Å². The SMILES string of the molecule is CC.Cc1ccccc1C(=O)Cc1cccc(C(=O)O)c1.O=CO. The molecule has 0 atom stereocenters. The number of ketones is 1. The van der Waals surface area contributed by atoms with Crippen molar-refractivity contribution in [2.24, 2.45) is 0 Å². The number of hydrogen-bond donors (Lipinski definition) is 2. The van der Waals surface area contributed by atoms with Crippen LogP contribution in [0.15, 0.2) is 48.5 Å². The molecule has 0 saturated heterocycles. The summed E-state index contributed by atoms with van der Waals surface area (Å²) < 4.78 is 0. The molecule has 0 saturated carbocycles. The molecule has 5 nitrogen and oxygen atoms in total. The molecule has 2 aromatic rings. The second kappa shape index (κ2) is 11.6. The number of rotatable bonds is 4. The number of Topliss-reactive ketones (excluding diaryl/α,β-unsaturated/α-hetero) is 1. The number of carbonyl (C=O) groups is 3. The number of carboxylic acid groups (broad SMARTS) is 2. The van der Waals surface area contributed by atoms with Gasteiger partial charge in [-0.1, -0.05) is 50.2 Å². The van der Waals surface area contributed by atoms with Crippen molar-refractivity contribution in [3.63, 3.8) is 0 Å². The lowest BCUT2D eigenvalue weighted by Crippen LogP contribution is -2.06. The van der Waals surface area contributed by atoms with Crippen molar-refractivity contribution in [2.75, 3.05) is 0 Å². The lowest BCUT2D eigenvalue weighted by atomic mass is 9.98. The summed E-state index contributed by atoms with van der Waals surface area (Å²) in [5.41, 5.74) is 2.54. The van der Waals surface area contributed by atoms with Crippen molar-refractivity contribution in [1.29, 1.82) is 0 Å². The highest BCUT2D eigenvalue weighted by atomic mass is 16.4. The molecule has 2 N–H and O–H groups in total. The summed E-state index contributed by atoms with van der Waals surface area (Å²) >= 11 is 0. The van der Waals surface area contributed by atoms with Crippen LogP contribution in [0.25, 0.3) is 0 Å². The number of carbonyl (C=O) groups excluding carboxylic acids is 1. The molecule has 0 aliphatic carbocycles. The first-order valence-electron chi connectivity index (χ1n) is 7.48. The highest BCUT2D eigenvalue weighted by Crippen LogP contribution is 2.13. The molecule has 128 valence electrons. The van der Waals surface area contributed by atoms with Crippen LogP contribution in [0.3, 0.4) is 0 Å². The van der Waals surface area contributed by atoms with Gasteiger partial charge in [-0.15, -0.1) is 0 Å². The average Bonchev–Trinajstić information content (AvgIpc) is 2.58. The maximum Gasteiger partial charge on any atom is 0.335 e. The lowest BCUT2D eigenvalue weighted by Gasteiger charge is -2.05. The Labute approximate surface area is 141 Å². The third-order valence-electron chi connectivity index (χ3n) is 2.98. The van der Waals surface area contributed by atoms with Crippen molar-refractivity contribution in [1.82, 2.24) is 0 Å². The van der Waals surface area contributed by atoms with E-state index in [-0.39, 0.29) is 24.2 Å². The van der Waals surface area contributed by atoms with Crippen LogP contribution in [0.1, 0.15) is 45.7 Å². The van der Waals surface area contributed by atoms with Crippen molar-refractivity contribution in [2.45, 2.75) is 27.2 Å². The minimum atomic E-state index is -0.981. The van der Waals surface area contributed by atoms with Gasteiger partial charge in [-0.05, 0) is 30.2 Å². The van der Waals surface area contributed by atoms with Crippen LogP contribution in [0.2, 0.25) is 0 Å². The predicted octanol–water partition coefficient (Wildman–Crippen LogP) is 3.85. The summed E-state index contributed by atoms with van der Waals surface area (Å²) in [7, 11) is 0. The molecule has 0 aliphatic rings. The molecule has 2 rings (SSSR count). The second-order valence-corrected chi connectivity index (χ2v) is 4.53. The summed E-state index contributed by atoms with van der Waals surface area (Å²) in [5.74, 6) is -0.981. The Balaban J connectivity index is 0.000000952. The number of hydrogen-bond acceptors (Lipinski definition) is 3. The van der Waals surface area contributed by atoms with E-state index in [1.807, 2.05) is 39.0 Å². The molecule has 0 aromatic heterocycles. The normalized spacial score (nSPS) is 8.79. The first kappa shape index (κ1) is 21.0. The monoisotopic (exact) mass is 330 g/mol. The molecule has 5 heteroatoms. The van der Waals surface area contributed by atoms with E-state index in [2.05, 4.69) is 0 Å². The third-order valence-corrected chi connectivity index (χ3v) is 2.98. The molecule has 0 radical (unpaired) electrons. The highest BCUT2D eigenvalue weighted by molar-refractivity contribution is 5.99. The Bertz CT molecular complexity index is 677. The fraction of sp³-hybridized carbons (Fsp3) is 0.211. The zero-order valence-electron chi connectivity index (χ0n) is 14.0. The van der Waals surface area contributed by atoms with Crippen LogP contribution in [0.4, 0.5) is 0 Å². The number of aryl methyl sites for hydroxylation is 1. The molecular weight excluding hydrogens is 308 g/mol. The minimum Gasteiger partial charge on any atom is -0.483 e. The molecule has 0 fully saturated rings. The summed E-state index contributed by atoms with van der Waals surface area (Å²) in [6, 6.07) is 13.9. The molecule has 0 aliphatic heterocycles. The third kappa shape index (κ3) is 6.87. The largest absolute Gasteiger partial charge is 0.483 e. The standard InChI is InChI=1S/C16H14O3.C2H6.CH2O2/c1-11-5-2-3-8-14(11)15(17)10-12-6-4-7-13(9-12)16(18)19;1-2;2-1-3/h2-9H,10H2,1H3,(H,18,19);1-2H3;1H,(H,2,3). The molecule has 0 spiro atoms. The molecular formula is C19H22O5. The zero-order valence-corrected chi connectivity index (χ0v) is 14.0. The fourth-order valence-corrected chi connectivity index (χ4v) is 1.98. The molecule has 24 heavy (non-hydrogen) atoms. The summed E-state index contributed by atoms with van der Waals surface area (Å²) in [6.07, 6.45) is 0.214. The van der Waals surface area contributed by atoms with Crippen molar-refractivity contribution in [3.05, 3.63) is 70.8 Å². The van der Waals surface area contributed by atoms with E-state index < -0.39 is 5.97 Å². The summed E-state index contributed by atoms with van der Waals surface area (Å²) in [5, 5.41) is 15.8. The quantitative estimate of drug-likeness (QED) is 0.656. The Kier molecular flexibility index (Phi) is 10.2. The van der Waals surface area contributed by atoms with Gasteiger partial charge in [0, 0.05) is 12.0 Å². The molecule has 0 unspecified atom stereocenters. The van der Waals surface area contributed by atoms with E-state index in [9.17, 15) is 9.59 Å². The predicted molar refractivity (Wildman–Crippen MR) is 92.7 cm³/mol. The first-order chi connectivity index (χ1) is 11.5. The van der Waals surface area contributed by atoms with Crippen LogP contribution in [-0.2, 0) is 11.2 Å². The van der Waals surface area contributed by atoms with E-state index in [0.29, 0.717) is 11.1 Å². The van der Waals surface area contributed by atoms with E-state index in [1.165, 1.54) is 6.07 Å². The van der Waals surface area contributed by atoms with E-state index in [0.717, 1.165) is 5.56 Å². The van der Waals surface area contributed by atoms with Crippen molar-refractivity contribution >= 4 is 18.2 Å². The van der Waals surface area contributed by atoms with E-state index >= 15 is 0 Å². The average molecular weight is 330 g/mol. The summed E-state index contributed by atoms with van der Waals surface area (Å²) in [6.45, 7) is 5.64. The van der Waals surface area contributed by atoms with E-state index in [1.54, 1.807) is 24.3 Å². The van der Waals surface area contributed by atoms with Gasteiger partial charge in [-0.3, -0.25) is 9.59 Å². The maximum absolute atomic E-state index is 12.2. The Morgan fingerprint density at radius 2 is 1.62 bits per heavy atom. The Morgan fingerprint density at radius 1 is 1.04 bits per heavy atom. The van der Waals surface area contributed by atoms with Crippen molar-refractivity contribution < 1.29 is 24.6 Å². The van der Waals surface area contributed by atoms with Gasteiger partial charge in [0.1, 0.15) is 0 Å². The molecule has 2 aromatic carbocycles. The van der Waals surface area contributed by atoms with Gasteiger partial charge in [0.25, 0.3) is 6.47 Å². The zero-order chi connectivity index (χ0) is 18.5. The number of benzene rings is 2. The maximum atomic E-state index is 12.2.